The van der Waals surface area contributed by atoms with Crippen LogP contribution in [0, 0.1) is 5.92 Å². The highest BCUT2D eigenvalue weighted by molar-refractivity contribution is 7.11. The first-order chi connectivity index (χ1) is 9.63. The Hall–Kier alpha value is -0.970. The second-order valence-corrected chi connectivity index (χ2v) is 6.83. The number of aromatic nitrogens is 2. The molecule has 0 atom stereocenters. The predicted octanol–water partition coefficient (Wildman–Crippen LogP) is 3.57. The summed E-state index contributed by atoms with van der Waals surface area (Å²) in [4.78, 5) is 0. The first-order valence-electron chi connectivity index (χ1n) is 6.90. The van der Waals surface area contributed by atoms with E-state index in [-0.39, 0.29) is 0 Å². The van der Waals surface area contributed by atoms with Crippen LogP contribution in [0.4, 0.5) is 0 Å². The van der Waals surface area contributed by atoms with E-state index in [1.165, 1.54) is 5.56 Å². The molecule has 1 N–H and O–H groups in total. The molecule has 2 rings (SSSR count). The number of hydrogen-bond acceptors (Lipinski definition) is 4. The molecule has 0 radical (unpaired) electrons. The van der Waals surface area contributed by atoms with Crippen LogP contribution in [0.15, 0.2) is 24.3 Å². The normalized spacial score (nSPS) is 11.2. The minimum atomic E-state index is 0.683. The second-order valence-electron chi connectivity index (χ2n) is 5.24. The van der Waals surface area contributed by atoms with Gasteiger partial charge in [0.1, 0.15) is 10.0 Å². The van der Waals surface area contributed by atoms with Crippen molar-refractivity contribution in [2.24, 2.45) is 5.92 Å². The van der Waals surface area contributed by atoms with Gasteiger partial charge in [0, 0.05) is 24.4 Å². The van der Waals surface area contributed by atoms with Crippen molar-refractivity contribution in [2.45, 2.75) is 26.7 Å². The fourth-order valence-electron chi connectivity index (χ4n) is 1.87. The Morgan fingerprint density at radius 1 is 1.25 bits per heavy atom. The summed E-state index contributed by atoms with van der Waals surface area (Å²) in [5.41, 5.74) is 1.18. The summed E-state index contributed by atoms with van der Waals surface area (Å²) < 4.78 is 0. The maximum atomic E-state index is 5.99. The molecule has 1 aromatic carbocycles. The molecule has 0 aliphatic rings. The van der Waals surface area contributed by atoms with E-state index < -0.39 is 0 Å². The number of nitrogens with one attached hydrogen (secondary N) is 1. The molecule has 108 valence electrons. The summed E-state index contributed by atoms with van der Waals surface area (Å²) in [6, 6.07) is 7.90. The predicted molar refractivity (Wildman–Crippen MR) is 85.6 cm³/mol. The summed E-state index contributed by atoms with van der Waals surface area (Å²) in [5, 5.41) is 14.8. The van der Waals surface area contributed by atoms with Crippen molar-refractivity contribution >= 4 is 22.9 Å². The number of rotatable bonds is 7. The lowest BCUT2D eigenvalue weighted by Gasteiger charge is -2.05. The van der Waals surface area contributed by atoms with Gasteiger partial charge in [-0.25, -0.2) is 0 Å². The van der Waals surface area contributed by atoms with Gasteiger partial charge in [-0.2, -0.15) is 0 Å². The molecule has 0 saturated heterocycles. The highest BCUT2D eigenvalue weighted by Gasteiger charge is 2.05. The topological polar surface area (TPSA) is 37.8 Å². The maximum Gasteiger partial charge on any atom is 0.121 e. The molecule has 0 unspecified atom stereocenters. The quantitative estimate of drug-likeness (QED) is 0.795. The number of halogens is 1. The molecule has 1 heterocycles. The summed E-state index contributed by atoms with van der Waals surface area (Å²) in [6.45, 7) is 6.43. The third-order valence-corrected chi connectivity index (χ3v) is 4.04. The van der Waals surface area contributed by atoms with Crippen molar-refractivity contribution < 1.29 is 0 Å². The lowest BCUT2D eigenvalue weighted by atomic mass is 10.2. The molecule has 0 aliphatic heterocycles. The first kappa shape index (κ1) is 15.4. The standard InChI is InChI=1S/C15H20ClN3S/c1-11(2)10-17-7-6-14-18-19-15(20-14)9-12-4-3-5-13(16)8-12/h3-5,8,11,17H,6-7,9-10H2,1-2H3. The monoisotopic (exact) mass is 309 g/mol. The van der Waals surface area contributed by atoms with Crippen molar-refractivity contribution in [1.29, 1.82) is 0 Å². The summed E-state index contributed by atoms with van der Waals surface area (Å²) in [5.74, 6) is 0.683. The molecule has 3 nitrogen and oxygen atoms in total. The van der Waals surface area contributed by atoms with E-state index in [0.717, 1.165) is 41.0 Å². The fraction of sp³-hybridized carbons (Fsp3) is 0.467. The van der Waals surface area contributed by atoms with E-state index in [1.807, 2.05) is 18.2 Å². The van der Waals surface area contributed by atoms with Crippen molar-refractivity contribution in [1.82, 2.24) is 15.5 Å². The summed E-state index contributed by atoms with van der Waals surface area (Å²) in [6.07, 6.45) is 1.75. The van der Waals surface area contributed by atoms with E-state index in [0.29, 0.717) is 5.92 Å². The van der Waals surface area contributed by atoms with Gasteiger partial charge in [-0.05, 0) is 30.2 Å². The van der Waals surface area contributed by atoms with Crippen LogP contribution in [0.25, 0.3) is 0 Å². The smallest absolute Gasteiger partial charge is 0.121 e. The second kappa shape index (κ2) is 7.72. The van der Waals surface area contributed by atoms with E-state index in [2.05, 4.69) is 35.4 Å². The molecule has 0 aliphatic carbocycles. The molecule has 0 bridgehead atoms. The van der Waals surface area contributed by atoms with Crippen LogP contribution in [-0.4, -0.2) is 23.3 Å². The van der Waals surface area contributed by atoms with E-state index in [4.69, 9.17) is 11.6 Å². The zero-order valence-electron chi connectivity index (χ0n) is 11.9. The Kier molecular flexibility index (Phi) is 5.95. The van der Waals surface area contributed by atoms with Gasteiger partial charge < -0.3 is 5.32 Å². The zero-order valence-corrected chi connectivity index (χ0v) is 13.5. The molecule has 0 spiro atoms. The van der Waals surface area contributed by atoms with Crippen molar-refractivity contribution in [3.63, 3.8) is 0 Å². The van der Waals surface area contributed by atoms with Crippen LogP contribution in [0.1, 0.15) is 29.4 Å². The zero-order chi connectivity index (χ0) is 14.4. The third-order valence-electron chi connectivity index (χ3n) is 2.82. The highest BCUT2D eigenvalue weighted by atomic mass is 35.5. The minimum absolute atomic E-state index is 0.683. The van der Waals surface area contributed by atoms with Gasteiger partial charge in [0.05, 0.1) is 0 Å². The summed E-state index contributed by atoms with van der Waals surface area (Å²) >= 11 is 7.67. The molecule has 1 aromatic heterocycles. The van der Waals surface area contributed by atoms with Gasteiger partial charge in [0.15, 0.2) is 0 Å². The lowest BCUT2D eigenvalue weighted by molar-refractivity contribution is 0.553. The van der Waals surface area contributed by atoms with Gasteiger partial charge in [0.25, 0.3) is 0 Å². The third kappa shape index (κ3) is 5.19. The molecule has 0 fully saturated rings. The average Bonchev–Trinajstić information content (AvgIpc) is 2.82. The molecule has 5 heteroatoms. The molecule has 0 amide bonds. The Labute approximate surface area is 129 Å². The summed E-state index contributed by atoms with van der Waals surface area (Å²) in [7, 11) is 0. The van der Waals surface area contributed by atoms with Crippen LogP contribution in [-0.2, 0) is 12.8 Å². The molecule has 20 heavy (non-hydrogen) atoms. The Morgan fingerprint density at radius 2 is 2.05 bits per heavy atom. The lowest BCUT2D eigenvalue weighted by Crippen LogP contribution is -2.22. The van der Waals surface area contributed by atoms with E-state index >= 15 is 0 Å². The van der Waals surface area contributed by atoms with Gasteiger partial charge in [-0.1, -0.05) is 37.6 Å². The van der Waals surface area contributed by atoms with Crippen LogP contribution in [0.3, 0.4) is 0 Å². The SMILES string of the molecule is CC(C)CNCCc1nnc(Cc2cccc(Cl)c2)s1. The fourth-order valence-corrected chi connectivity index (χ4v) is 2.96. The van der Waals surface area contributed by atoms with Crippen LogP contribution >= 0.6 is 22.9 Å². The highest BCUT2D eigenvalue weighted by Crippen LogP contribution is 2.17. The minimum Gasteiger partial charge on any atom is -0.316 e. The number of hydrogen-bond donors (Lipinski definition) is 1. The molecular formula is C15H20ClN3S. The molecule has 0 saturated carbocycles. The van der Waals surface area contributed by atoms with Crippen LogP contribution in [0.5, 0.6) is 0 Å². The average molecular weight is 310 g/mol. The van der Waals surface area contributed by atoms with Gasteiger partial charge in [0.2, 0.25) is 0 Å². The maximum absolute atomic E-state index is 5.99. The Balaban J connectivity index is 1.83. The van der Waals surface area contributed by atoms with Gasteiger partial charge in [-0.15, -0.1) is 21.5 Å². The van der Waals surface area contributed by atoms with Gasteiger partial charge >= 0.3 is 0 Å². The first-order valence-corrected chi connectivity index (χ1v) is 8.09. The Bertz CT molecular complexity index is 539. The van der Waals surface area contributed by atoms with Crippen molar-refractivity contribution in [3.05, 3.63) is 44.9 Å². The number of nitrogens with zero attached hydrogens (tertiary/aromatic N) is 2. The van der Waals surface area contributed by atoms with Crippen LogP contribution < -0.4 is 5.32 Å². The number of benzene rings is 1. The van der Waals surface area contributed by atoms with Crippen molar-refractivity contribution in [3.8, 4) is 0 Å². The van der Waals surface area contributed by atoms with Crippen molar-refractivity contribution in [2.75, 3.05) is 13.1 Å². The molecular weight excluding hydrogens is 290 g/mol. The van der Waals surface area contributed by atoms with Gasteiger partial charge in [-0.3, -0.25) is 0 Å². The van der Waals surface area contributed by atoms with E-state index in [1.54, 1.807) is 11.3 Å². The van der Waals surface area contributed by atoms with Crippen LogP contribution in [0.2, 0.25) is 5.02 Å². The molecule has 2 aromatic rings. The van der Waals surface area contributed by atoms with E-state index in [9.17, 15) is 0 Å². The Morgan fingerprint density at radius 3 is 2.80 bits per heavy atom. The largest absolute Gasteiger partial charge is 0.316 e.